The van der Waals surface area contributed by atoms with Gasteiger partial charge in [-0.15, -0.1) is 0 Å². The van der Waals surface area contributed by atoms with Crippen LogP contribution in [0.5, 0.6) is 0 Å². The van der Waals surface area contributed by atoms with Crippen molar-refractivity contribution in [1.29, 1.82) is 0 Å². The maximum absolute atomic E-state index is 14.4. The van der Waals surface area contributed by atoms with E-state index in [4.69, 9.17) is 0 Å². The molecule has 0 aliphatic heterocycles. The fourth-order valence-electron chi connectivity index (χ4n) is 15.7. The molecule has 0 saturated carbocycles. The van der Waals surface area contributed by atoms with Gasteiger partial charge in [0, 0.05) is 111 Å². The molecule has 20 rings (SSSR count). The highest BCUT2D eigenvalue weighted by Gasteiger charge is 2.38. The number of fused-ring (bicyclic) bond motifs is 4. The first-order chi connectivity index (χ1) is 66.0. The second kappa shape index (κ2) is 39.0. The Hall–Kier alpha value is -17.6. The zero-order valence-electron chi connectivity index (χ0n) is 73.8. The van der Waals surface area contributed by atoms with Crippen LogP contribution in [-0.4, -0.2) is 81.1 Å². The van der Waals surface area contributed by atoms with Crippen molar-refractivity contribution in [1.82, 2.24) is 57.5 Å². The lowest BCUT2D eigenvalue weighted by molar-refractivity contribution is -0.138. The van der Waals surface area contributed by atoms with Crippen LogP contribution >= 0.6 is 0 Å². The lowest BCUT2D eigenvalue weighted by atomic mass is 9.98. The molecule has 20 nitrogen and oxygen atoms in total. The number of alkyl halides is 6. The van der Waals surface area contributed by atoms with Gasteiger partial charge in [0.05, 0.1) is 80.9 Å². The predicted molar refractivity (Wildman–Crippen MR) is 511 cm³/mol. The molecule has 0 bridgehead atoms. The Balaban J connectivity index is 0.000000127. The molecule has 29 heteroatoms. The minimum atomic E-state index is -4.72. The maximum atomic E-state index is 14.4. The molecule has 0 saturated heterocycles. The predicted octanol–water partition coefficient (Wildman–Crippen LogP) is 25.6. The van der Waals surface area contributed by atoms with Crippen molar-refractivity contribution in [3.63, 3.8) is 0 Å². The Bertz CT molecular complexity index is 7940. The number of imidazole rings is 4. The second-order valence-corrected chi connectivity index (χ2v) is 32.2. The van der Waals surface area contributed by atoms with Gasteiger partial charge in [0.15, 0.2) is 29.1 Å². The Morgan fingerprint density at radius 3 is 1.04 bits per heavy atom. The summed E-state index contributed by atoms with van der Waals surface area (Å²) in [5.41, 5.74) is 16.1. The molecular weight excluding hydrogens is 1760 g/mol. The summed E-state index contributed by atoms with van der Waals surface area (Å²) >= 11 is 0. The summed E-state index contributed by atoms with van der Waals surface area (Å²) in [6.07, 6.45) is 12.5. The van der Waals surface area contributed by atoms with Crippen molar-refractivity contribution in [3.05, 3.63) is 432 Å². The molecule has 10 aromatic heterocycles. The third kappa shape index (κ3) is 20.1. The molecule has 0 fully saturated rings. The molecule has 137 heavy (non-hydrogen) atoms. The highest BCUT2D eigenvalue weighted by Crippen LogP contribution is 2.41. The first-order valence-corrected chi connectivity index (χ1v) is 42.8. The summed E-state index contributed by atoms with van der Waals surface area (Å²) in [5, 5.41) is 11.1. The van der Waals surface area contributed by atoms with Gasteiger partial charge in [0.1, 0.15) is 23.2 Å². The number of benzene rings is 10. The van der Waals surface area contributed by atoms with E-state index >= 15 is 0 Å². The third-order valence-corrected chi connectivity index (χ3v) is 22.7. The lowest BCUT2D eigenvalue weighted by Crippen LogP contribution is -2.19. The van der Waals surface area contributed by atoms with Crippen LogP contribution < -0.4 is 21.3 Å². The largest absolute Gasteiger partial charge is 0.417 e. The Labute approximate surface area is 777 Å². The number of nitrogens with zero attached hydrogens (tertiary/aromatic N) is 12. The topological polar surface area (TPSA) is 237 Å². The van der Waals surface area contributed by atoms with Gasteiger partial charge in [-0.1, -0.05) is 150 Å². The van der Waals surface area contributed by atoms with Crippen molar-refractivity contribution in [3.8, 4) is 90.5 Å². The van der Waals surface area contributed by atoms with E-state index in [1.165, 1.54) is 48.5 Å². The molecule has 10 aromatic carbocycles. The van der Waals surface area contributed by atoms with E-state index in [0.717, 1.165) is 96.2 Å². The third-order valence-electron chi connectivity index (χ3n) is 22.7. The minimum absolute atomic E-state index is 0.0826. The molecule has 10 heterocycles. The quantitative estimate of drug-likeness (QED) is 0.0661. The number of hydrogen-bond donors (Lipinski definition) is 4. The zero-order chi connectivity index (χ0) is 95.9. The van der Waals surface area contributed by atoms with E-state index in [-0.39, 0.29) is 17.4 Å². The van der Waals surface area contributed by atoms with Gasteiger partial charge in [-0.05, 0) is 214 Å². The van der Waals surface area contributed by atoms with Crippen LogP contribution in [0.25, 0.3) is 113 Å². The SMILES string of the molecule is Cc1ccc(NC(=O)c2cc(-c3cccn4c(-c5cccc(F)c5)ncc34)ccc2C(F)(F)F)cc1.Cc1ccc(NC(=O)c2cc(-c3cccn4c(-c5cccc(F)c5F)ncc34)ccc2C)cc1.Cc1ccc(NC(=O)c2cc(-c3cccn4c(-c5cnccn5)ncc34)ccc2C(F)(F)F)cc1.Cc1ccc(NC(=O)c2cc(-c3cccn4c(-c5ncccn5)ncc34)ccc2C)cc1. The summed E-state index contributed by atoms with van der Waals surface area (Å²) in [5.74, 6) is -1.76. The van der Waals surface area contributed by atoms with E-state index in [9.17, 15) is 58.7 Å². The number of amides is 4. The summed E-state index contributed by atoms with van der Waals surface area (Å²) in [6.45, 7) is 11.6. The van der Waals surface area contributed by atoms with Crippen molar-refractivity contribution in [2.75, 3.05) is 21.3 Å². The van der Waals surface area contributed by atoms with E-state index in [1.54, 1.807) is 172 Å². The average Bonchev–Trinajstić information content (AvgIpc) is 1.74. The smallest absolute Gasteiger partial charge is 0.322 e. The number of pyridine rings is 4. The Morgan fingerprint density at radius 2 is 0.642 bits per heavy atom. The molecule has 20 aromatic rings. The van der Waals surface area contributed by atoms with Gasteiger partial charge in [-0.3, -0.25) is 41.8 Å². The monoisotopic (exact) mass is 1830 g/mol. The van der Waals surface area contributed by atoms with Gasteiger partial charge in [-0.2, -0.15) is 26.3 Å². The Morgan fingerprint density at radius 1 is 0.292 bits per heavy atom. The summed E-state index contributed by atoms with van der Waals surface area (Å²) < 4.78 is 132. The average molecular weight is 1840 g/mol. The maximum Gasteiger partial charge on any atom is 0.417 e. The number of carbonyl (C=O) groups excluding carboxylic acids is 4. The molecule has 0 unspecified atom stereocenters. The molecule has 4 N–H and O–H groups in total. The molecule has 4 amide bonds. The molecule has 0 radical (unpaired) electrons. The van der Waals surface area contributed by atoms with Gasteiger partial charge >= 0.3 is 12.4 Å². The summed E-state index contributed by atoms with van der Waals surface area (Å²) in [7, 11) is 0. The number of anilines is 4. The van der Waals surface area contributed by atoms with Crippen molar-refractivity contribution < 1.29 is 58.7 Å². The van der Waals surface area contributed by atoms with Crippen LogP contribution in [0.15, 0.2) is 347 Å². The lowest BCUT2D eigenvalue weighted by Gasteiger charge is -2.15. The van der Waals surface area contributed by atoms with Crippen LogP contribution in [0.1, 0.15) is 85.9 Å². The van der Waals surface area contributed by atoms with Crippen molar-refractivity contribution >= 4 is 68.4 Å². The zero-order valence-corrected chi connectivity index (χ0v) is 73.8. The fourth-order valence-corrected chi connectivity index (χ4v) is 15.7. The number of carbonyl (C=O) groups is 4. The first kappa shape index (κ1) is 91.3. The second-order valence-electron chi connectivity index (χ2n) is 32.2. The molecule has 0 spiro atoms. The van der Waals surface area contributed by atoms with Crippen LogP contribution in [0, 0.1) is 59.0 Å². The number of nitrogens with one attached hydrogen (secondary N) is 4. The molecule has 0 aliphatic carbocycles. The molecular formula is C108H79F9N16O4. The van der Waals surface area contributed by atoms with Crippen molar-refractivity contribution in [2.24, 2.45) is 0 Å². The van der Waals surface area contributed by atoms with Gasteiger partial charge < -0.3 is 21.3 Å². The molecule has 678 valence electrons. The Kier molecular flexibility index (Phi) is 26.0. The van der Waals surface area contributed by atoms with Gasteiger partial charge in [0.2, 0.25) is 0 Å². The highest BCUT2D eigenvalue weighted by atomic mass is 19.4. The minimum Gasteiger partial charge on any atom is -0.322 e. The number of rotatable bonds is 16. The number of hydrogen-bond acceptors (Lipinski definition) is 12. The van der Waals surface area contributed by atoms with Gasteiger partial charge in [0.25, 0.3) is 23.6 Å². The van der Waals surface area contributed by atoms with E-state index in [2.05, 4.69) is 61.1 Å². The highest BCUT2D eigenvalue weighted by molar-refractivity contribution is 6.09. The molecule has 0 atom stereocenters. The van der Waals surface area contributed by atoms with E-state index in [1.807, 2.05) is 168 Å². The van der Waals surface area contributed by atoms with Crippen LogP contribution in [-0.2, 0) is 12.4 Å². The summed E-state index contributed by atoms with van der Waals surface area (Å²) in [6, 6.07) is 74.1. The number of halogens is 9. The number of aryl methyl sites for hydroxylation is 6. The van der Waals surface area contributed by atoms with Crippen LogP contribution in [0.3, 0.4) is 0 Å². The van der Waals surface area contributed by atoms with Crippen molar-refractivity contribution in [2.45, 2.75) is 53.9 Å². The normalized spacial score (nSPS) is 11.3. The molecule has 0 aliphatic rings. The standard InChI is InChI=1S/C28H19F4N3O.C28H21F2N3O.C26H18F3N5O.C26H21N5O/c1-17-7-10-21(11-8-17)34-27(36)23-15-18(9-12-24(23)28(30,31)32)22-6-3-13-35-25(22)16-33-26(35)19-4-2-5-20(29)14-19;1-17-8-12-20(13-9-17)32-28(34)23-15-19(11-10-18(23)2)21-6-4-14-33-25(21)16-31-27(33)22-5-3-7-24(29)26(22)30;1-16-4-7-18(8-5-16)33-25(35)20-13-17(6-9-21(20)26(27,28)29)19-3-2-12-34-23(19)15-32-24(34)22-14-30-10-11-31-22;1-17-6-10-20(11-7-17)30-26(32)22-15-19(9-8-18(22)2)21-5-3-14-31-23(21)16-29-25(31)24-27-12-4-13-28-24/h2-16H,1H3,(H,34,36);3-16H,1-2H3,(H,32,34);2-15H,1H3,(H,33,35);3-16H,1-2H3,(H,30,32). The van der Waals surface area contributed by atoms with Gasteiger partial charge in [-0.25, -0.2) is 48.1 Å². The summed E-state index contributed by atoms with van der Waals surface area (Å²) in [4.78, 5) is 86.7. The fraction of sp³-hybridized carbons (Fsp3) is 0.0741. The van der Waals surface area contributed by atoms with E-state index in [0.29, 0.717) is 96.2 Å². The number of aromatic nitrogens is 12. The van der Waals surface area contributed by atoms with E-state index < -0.39 is 63.9 Å². The first-order valence-electron chi connectivity index (χ1n) is 42.8. The van der Waals surface area contributed by atoms with Crippen LogP contribution in [0.4, 0.5) is 62.3 Å². The van der Waals surface area contributed by atoms with Crippen LogP contribution in [0.2, 0.25) is 0 Å².